The topological polar surface area (TPSA) is 88.6 Å². The number of urea groups is 1. The quantitative estimate of drug-likeness (QED) is 0.797. The summed E-state index contributed by atoms with van der Waals surface area (Å²) < 4.78 is 10.3. The minimum Gasteiger partial charge on any atom is -0.497 e. The first-order valence-electron chi connectivity index (χ1n) is 7.73. The van der Waals surface area contributed by atoms with Gasteiger partial charge in [0.25, 0.3) is 0 Å². The maximum absolute atomic E-state index is 12.4. The van der Waals surface area contributed by atoms with Gasteiger partial charge >= 0.3 is 6.03 Å². The number of methoxy groups -OCH3 is 2. The fourth-order valence-corrected chi connectivity index (χ4v) is 2.32. The molecule has 0 saturated carbocycles. The van der Waals surface area contributed by atoms with E-state index in [0.29, 0.717) is 18.1 Å². The van der Waals surface area contributed by atoms with Gasteiger partial charge in [-0.1, -0.05) is 12.1 Å². The SMILES string of the molecule is COc1ccc(C(CN(C)C)NC(=O)Nc2cncnc2OC)cc1. The standard InChI is InChI=1S/C17H23N5O3/c1-22(2)10-15(12-5-7-13(24-3)8-6-12)21-17(23)20-14-9-18-11-19-16(14)25-4/h5-9,11,15H,10H2,1-4H3,(H2,20,21,23). The zero-order valence-electron chi connectivity index (χ0n) is 14.8. The van der Waals surface area contributed by atoms with Crippen molar-refractivity contribution in [2.75, 3.05) is 40.2 Å². The number of aromatic nitrogens is 2. The molecule has 0 aliphatic carbocycles. The monoisotopic (exact) mass is 345 g/mol. The summed E-state index contributed by atoms with van der Waals surface area (Å²) in [5, 5.41) is 5.67. The van der Waals surface area contributed by atoms with Gasteiger partial charge in [0.15, 0.2) is 0 Å². The Labute approximate surface area is 147 Å². The van der Waals surface area contributed by atoms with Gasteiger partial charge in [0, 0.05) is 6.54 Å². The molecule has 8 heteroatoms. The molecule has 25 heavy (non-hydrogen) atoms. The molecule has 2 aromatic rings. The molecular formula is C17H23N5O3. The Balaban J connectivity index is 2.11. The third-order valence-electron chi connectivity index (χ3n) is 3.49. The van der Waals surface area contributed by atoms with Crippen molar-refractivity contribution < 1.29 is 14.3 Å². The van der Waals surface area contributed by atoms with Crippen molar-refractivity contribution in [2.24, 2.45) is 0 Å². The summed E-state index contributed by atoms with van der Waals surface area (Å²) in [6.07, 6.45) is 2.84. The van der Waals surface area contributed by atoms with Gasteiger partial charge in [-0.05, 0) is 31.8 Å². The lowest BCUT2D eigenvalue weighted by atomic mass is 10.1. The normalized spacial score (nSPS) is 11.7. The van der Waals surface area contributed by atoms with Crippen LogP contribution in [0.5, 0.6) is 11.6 Å². The molecule has 0 aliphatic heterocycles. The van der Waals surface area contributed by atoms with E-state index in [1.54, 1.807) is 7.11 Å². The summed E-state index contributed by atoms with van der Waals surface area (Å²) in [5.41, 5.74) is 1.38. The van der Waals surface area contributed by atoms with Crippen LogP contribution in [-0.4, -0.2) is 55.8 Å². The van der Waals surface area contributed by atoms with Gasteiger partial charge in [0.1, 0.15) is 17.8 Å². The van der Waals surface area contributed by atoms with Gasteiger partial charge in [-0.25, -0.2) is 9.78 Å². The van der Waals surface area contributed by atoms with Gasteiger partial charge < -0.3 is 25.0 Å². The second kappa shape index (κ2) is 8.84. The molecule has 0 bridgehead atoms. The molecule has 0 saturated heterocycles. The second-order valence-electron chi connectivity index (χ2n) is 5.63. The van der Waals surface area contributed by atoms with Crippen molar-refractivity contribution in [3.63, 3.8) is 0 Å². The van der Waals surface area contributed by atoms with Gasteiger partial charge in [0.05, 0.1) is 26.5 Å². The summed E-state index contributed by atoms with van der Waals surface area (Å²) in [6.45, 7) is 0.641. The van der Waals surface area contributed by atoms with E-state index in [1.807, 2.05) is 43.3 Å². The number of ether oxygens (including phenoxy) is 2. The van der Waals surface area contributed by atoms with Crippen LogP contribution in [0.2, 0.25) is 0 Å². The Hall–Kier alpha value is -2.87. The largest absolute Gasteiger partial charge is 0.497 e. The maximum Gasteiger partial charge on any atom is 0.319 e. The molecule has 0 aliphatic rings. The molecule has 2 N–H and O–H groups in total. The van der Waals surface area contributed by atoms with Crippen molar-refractivity contribution in [1.82, 2.24) is 20.2 Å². The predicted octanol–water partition coefficient (Wildman–Crippen LogP) is 1.92. The van der Waals surface area contributed by atoms with Gasteiger partial charge in [-0.2, -0.15) is 4.98 Å². The number of hydrogen-bond donors (Lipinski definition) is 2. The zero-order valence-corrected chi connectivity index (χ0v) is 14.8. The van der Waals surface area contributed by atoms with Crippen molar-refractivity contribution in [3.8, 4) is 11.6 Å². The van der Waals surface area contributed by atoms with Crippen LogP contribution in [0.25, 0.3) is 0 Å². The van der Waals surface area contributed by atoms with E-state index in [0.717, 1.165) is 11.3 Å². The minimum atomic E-state index is -0.365. The number of rotatable bonds is 7. The van der Waals surface area contributed by atoms with E-state index < -0.39 is 0 Å². The number of likely N-dealkylation sites (N-methyl/N-ethyl adjacent to an activating group) is 1. The molecule has 2 rings (SSSR count). The molecule has 2 amide bonds. The predicted molar refractivity (Wildman–Crippen MR) is 95.0 cm³/mol. The number of carbonyl (C=O) groups is 1. The Kier molecular flexibility index (Phi) is 6.53. The molecule has 1 unspecified atom stereocenters. The molecular weight excluding hydrogens is 322 g/mol. The van der Waals surface area contributed by atoms with E-state index in [1.165, 1.54) is 19.6 Å². The average Bonchev–Trinajstić information content (AvgIpc) is 2.61. The number of benzene rings is 1. The first-order valence-corrected chi connectivity index (χ1v) is 7.73. The van der Waals surface area contributed by atoms with Crippen LogP contribution in [-0.2, 0) is 0 Å². The van der Waals surface area contributed by atoms with Crippen LogP contribution in [0.3, 0.4) is 0 Å². The molecule has 1 aromatic heterocycles. The molecule has 1 aromatic carbocycles. The van der Waals surface area contributed by atoms with E-state index in [9.17, 15) is 4.79 Å². The first kappa shape index (κ1) is 18.5. The van der Waals surface area contributed by atoms with Crippen LogP contribution >= 0.6 is 0 Å². The second-order valence-corrected chi connectivity index (χ2v) is 5.63. The Morgan fingerprint density at radius 3 is 2.52 bits per heavy atom. The summed E-state index contributed by atoms with van der Waals surface area (Å²) in [5.74, 6) is 1.07. The highest BCUT2D eigenvalue weighted by molar-refractivity contribution is 5.90. The summed E-state index contributed by atoms with van der Waals surface area (Å²) in [7, 11) is 7.00. The van der Waals surface area contributed by atoms with Gasteiger partial charge in [-0.15, -0.1) is 0 Å². The lowest BCUT2D eigenvalue weighted by Crippen LogP contribution is -2.37. The van der Waals surface area contributed by atoms with Crippen LogP contribution in [0.15, 0.2) is 36.8 Å². The molecule has 1 atom stereocenters. The van der Waals surface area contributed by atoms with E-state index in [-0.39, 0.29) is 12.1 Å². The number of hydrogen-bond acceptors (Lipinski definition) is 6. The van der Waals surface area contributed by atoms with Crippen molar-refractivity contribution >= 4 is 11.7 Å². The van der Waals surface area contributed by atoms with Crippen LogP contribution in [0.1, 0.15) is 11.6 Å². The molecule has 134 valence electrons. The summed E-state index contributed by atoms with van der Waals surface area (Å²) in [4.78, 5) is 22.2. The smallest absolute Gasteiger partial charge is 0.319 e. The van der Waals surface area contributed by atoms with Crippen LogP contribution in [0, 0.1) is 0 Å². The molecule has 0 spiro atoms. The Bertz CT molecular complexity index is 691. The lowest BCUT2D eigenvalue weighted by Gasteiger charge is -2.23. The highest BCUT2D eigenvalue weighted by Crippen LogP contribution is 2.20. The summed E-state index contributed by atoms with van der Waals surface area (Å²) in [6, 6.07) is 7.03. The third-order valence-corrected chi connectivity index (χ3v) is 3.49. The lowest BCUT2D eigenvalue weighted by molar-refractivity contribution is 0.244. The van der Waals surface area contributed by atoms with Crippen molar-refractivity contribution in [3.05, 3.63) is 42.4 Å². The number of carbonyl (C=O) groups excluding carboxylic acids is 1. The van der Waals surface area contributed by atoms with Crippen molar-refractivity contribution in [2.45, 2.75) is 6.04 Å². The van der Waals surface area contributed by atoms with E-state index in [2.05, 4.69) is 20.6 Å². The fourth-order valence-electron chi connectivity index (χ4n) is 2.32. The minimum absolute atomic E-state index is 0.198. The van der Waals surface area contributed by atoms with Gasteiger partial charge in [-0.3, -0.25) is 0 Å². The summed E-state index contributed by atoms with van der Waals surface area (Å²) >= 11 is 0. The van der Waals surface area contributed by atoms with Crippen molar-refractivity contribution in [1.29, 1.82) is 0 Å². The molecule has 0 radical (unpaired) electrons. The molecule has 1 heterocycles. The number of amides is 2. The van der Waals surface area contributed by atoms with Crippen LogP contribution in [0.4, 0.5) is 10.5 Å². The maximum atomic E-state index is 12.4. The van der Waals surface area contributed by atoms with E-state index in [4.69, 9.17) is 9.47 Å². The highest BCUT2D eigenvalue weighted by Gasteiger charge is 2.17. The number of anilines is 1. The first-order chi connectivity index (χ1) is 12.0. The molecule has 8 nitrogen and oxygen atoms in total. The van der Waals surface area contributed by atoms with E-state index >= 15 is 0 Å². The highest BCUT2D eigenvalue weighted by atomic mass is 16.5. The number of nitrogens with one attached hydrogen (secondary N) is 2. The third kappa shape index (κ3) is 5.32. The fraction of sp³-hybridized carbons (Fsp3) is 0.353. The Morgan fingerprint density at radius 2 is 1.92 bits per heavy atom. The van der Waals surface area contributed by atoms with Crippen LogP contribution < -0.4 is 20.1 Å². The van der Waals surface area contributed by atoms with Gasteiger partial charge in [0.2, 0.25) is 5.88 Å². The number of nitrogens with zero attached hydrogens (tertiary/aromatic N) is 3. The average molecular weight is 345 g/mol. The zero-order chi connectivity index (χ0) is 18.2. The Morgan fingerprint density at radius 1 is 1.20 bits per heavy atom. The molecule has 0 fully saturated rings.